The zero-order valence-corrected chi connectivity index (χ0v) is 9.70. The molecular formula is C13H14FNO2. The van der Waals surface area contributed by atoms with E-state index in [0.29, 0.717) is 13.0 Å². The van der Waals surface area contributed by atoms with Crippen molar-refractivity contribution >= 4 is 11.6 Å². The van der Waals surface area contributed by atoms with Crippen LogP contribution in [-0.2, 0) is 16.1 Å². The Morgan fingerprint density at radius 3 is 3.12 bits per heavy atom. The molecule has 2 aliphatic heterocycles. The Morgan fingerprint density at radius 2 is 2.29 bits per heavy atom. The van der Waals surface area contributed by atoms with Crippen LogP contribution in [0, 0.1) is 5.82 Å². The number of halogens is 1. The molecule has 1 atom stereocenters. The molecule has 0 radical (unpaired) electrons. The lowest BCUT2D eigenvalue weighted by Crippen LogP contribution is -2.57. The van der Waals surface area contributed by atoms with E-state index in [1.54, 1.807) is 11.0 Å². The van der Waals surface area contributed by atoms with Crippen molar-refractivity contribution in [3.63, 3.8) is 0 Å². The number of rotatable bonds is 0. The first-order valence-electron chi connectivity index (χ1n) is 5.86. The maximum absolute atomic E-state index is 13.2. The van der Waals surface area contributed by atoms with Gasteiger partial charge in [0.1, 0.15) is 11.5 Å². The zero-order valence-electron chi connectivity index (χ0n) is 9.70. The van der Waals surface area contributed by atoms with E-state index in [2.05, 4.69) is 0 Å². The van der Waals surface area contributed by atoms with Crippen molar-refractivity contribution in [3.05, 3.63) is 29.6 Å². The van der Waals surface area contributed by atoms with Gasteiger partial charge in [0.05, 0.1) is 12.3 Å². The summed E-state index contributed by atoms with van der Waals surface area (Å²) in [7, 11) is 0. The van der Waals surface area contributed by atoms with Gasteiger partial charge in [0.2, 0.25) is 5.91 Å². The molecule has 0 saturated carbocycles. The highest BCUT2D eigenvalue weighted by Gasteiger charge is 2.43. The molecule has 0 aromatic heterocycles. The van der Waals surface area contributed by atoms with E-state index in [0.717, 1.165) is 24.1 Å². The normalized spacial score (nSPS) is 27.6. The molecule has 1 amide bonds. The Balaban J connectivity index is 2.12. The van der Waals surface area contributed by atoms with Crippen LogP contribution in [0.15, 0.2) is 18.2 Å². The van der Waals surface area contributed by atoms with Crippen LogP contribution in [0.5, 0.6) is 0 Å². The van der Waals surface area contributed by atoms with Gasteiger partial charge in [0.15, 0.2) is 0 Å². The van der Waals surface area contributed by atoms with Gasteiger partial charge in [-0.2, -0.15) is 0 Å². The van der Waals surface area contributed by atoms with Crippen LogP contribution in [-0.4, -0.2) is 11.6 Å². The molecule has 0 spiro atoms. The first-order chi connectivity index (χ1) is 8.10. The predicted octanol–water partition coefficient (Wildman–Crippen LogP) is 2.59. The summed E-state index contributed by atoms with van der Waals surface area (Å²) in [5, 5.41) is 0. The Kier molecular flexibility index (Phi) is 2.23. The predicted molar refractivity (Wildman–Crippen MR) is 60.9 cm³/mol. The van der Waals surface area contributed by atoms with E-state index in [-0.39, 0.29) is 11.7 Å². The van der Waals surface area contributed by atoms with Crippen molar-refractivity contribution in [2.45, 2.75) is 38.5 Å². The molecular weight excluding hydrogens is 221 g/mol. The van der Waals surface area contributed by atoms with Gasteiger partial charge in [0, 0.05) is 12.0 Å². The van der Waals surface area contributed by atoms with Gasteiger partial charge in [-0.15, -0.1) is 0 Å². The topological polar surface area (TPSA) is 29.5 Å². The molecule has 4 heteroatoms. The van der Waals surface area contributed by atoms with Gasteiger partial charge in [-0.3, -0.25) is 9.69 Å². The van der Waals surface area contributed by atoms with E-state index in [1.165, 1.54) is 12.1 Å². The first-order valence-corrected chi connectivity index (χ1v) is 5.86. The van der Waals surface area contributed by atoms with Crippen LogP contribution < -0.4 is 4.90 Å². The Labute approximate surface area is 99.2 Å². The van der Waals surface area contributed by atoms with Gasteiger partial charge in [0.25, 0.3) is 0 Å². The molecule has 2 aliphatic rings. The lowest BCUT2D eigenvalue weighted by molar-refractivity contribution is -0.133. The maximum Gasteiger partial charge on any atom is 0.229 e. The van der Waals surface area contributed by atoms with Gasteiger partial charge in [-0.25, -0.2) is 4.39 Å². The van der Waals surface area contributed by atoms with Crippen LogP contribution in [0.2, 0.25) is 0 Å². The van der Waals surface area contributed by atoms with Crippen molar-refractivity contribution in [1.82, 2.24) is 0 Å². The second-order valence-corrected chi connectivity index (χ2v) is 4.82. The molecule has 90 valence electrons. The number of carbonyl (C=O) groups excluding carboxylic acids is 1. The van der Waals surface area contributed by atoms with E-state index in [1.807, 2.05) is 6.92 Å². The summed E-state index contributed by atoms with van der Waals surface area (Å²) in [5.41, 5.74) is 0.989. The highest BCUT2D eigenvalue weighted by Crippen LogP contribution is 2.41. The fraction of sp³-hybridized carbons (Fsp3) is 0.462. The average molecular weight is 235 g/mol. The number of nitrogens with zero attached hydrogens (tertiary/aromatic N) is 1. The summed E-state index contributed by atoms with van der Waals surface area (Å²) >= 11 is 0. The summed E-state index contributed by atoms with van der Waals surface area (Å²) in [5.74, 6) is -0.230. The SMILES string of the molecule is CC12CCCC(=O)N1c1ccc(F)cc1CO2. The number of hydrogen-bond acceptors (Lipinski definition) is 2. The molecule has 0 aliphatic carbocycles. The molecule has 0 bridgehead atoms. The number of piperidine rings is 1. The molecule has 3 nitrogen and oxygen atoms in total. The van der Waals surface area contributed by atoms with Crippen molar-refractivity contribution in [3.8, 4) is 0 Å². The lowest BCUT2D eigenvalue weighted by Gasteiger charge is -2.47. The number of anilines is 1. The van der Waals surface area contributed by atoms with E-state index < -0.39 is 5.72 Å². The third-order valence-electron chi connectivity index (χ3n) is 3.57. The quantitative estimate of drug-likeness (QED) is 0.691. The molecule has 2 heterocycles. The minimum Gasteiger partial charge on any atom is -0.351 e. The highest BCUT2D eigenvalue weighted by molar-refractivity contribution is 5.96. The monoisotopic (exact) mass is 235 g/mol. The molecule has 1 unspecified atom stereocenters. The van der Waals surface area contributed by atoms with Crippen molar-refractivity contribution in [2.75, 3.05) is 4.90 Å². The van der Waals surface area contributed by atoms with Gasteiger partial charge < -0.3 is 4.74 Å². The summed E-state index contributed by atoms with van der Waals surface area (Å²) in [6, 6.07) is 4.51. The van der Waals surface area contributed by atoms with Crippen molar-refractivity contribution in [2.24, 2.45) is 0 Å². The molecule has 1 aromatic carbocycles. The van der Waals surface area contributed by atoms with Gasteiger partial charge >= 0.3 is 0 Å². The number of ether oxygens (including phenoxy) is 1. The maximum atomic E-state index is 13.2. The first kappa shape index (κ1) is 10.7. The largest absolute Gasteiger partial charge is 0.351 e. The Morgan fingerprint density at radius 1 is 1.47 bits per heavy atom. The zero-order chi connectivity index (χ0) is 12.0. The second-order valence-electron chi connectivity index (χ2n) is 4.82. The summed E-state index contributed by atoms with van der Waals surface area (Å²) < 4.78 is 18.9. The summed E-state index contributed by atoms with van der Waals surface area (Å²) in [6.45, 7) is 2.30. The van der Waals surface area contributed by atoms with Crippen LogP contribution in [0.1, 0.15) is 31.7 Å². The molecule has 1 fully saturated rings. The number of hydrogen-bond donors (Lipinski definition) is 0. The molecule has 1 aromatic rings. The Bertz CT molecular complexity index is 488. The van der Waals surface area contributed by atoms with Crippen molar-refractivity contribution < 1.29 is 13.9 Å². The number of amides is 1. The third-order valence-corrected chi connectivity index (χ3v) is 3.57. The number of benzene rings is 1. The third kappa shape index (κ3) is 1.55. The number of carbonyl (C=O) groups is 1. The van der Waals surface area contributed by atoms with Crippen molar-refractivity contribution in [1.29, 1.82) is 0 Å². The van der Waals surface area contributed by atoms with E-state index in [9.17, 15) is 9.18 Å². The summed E-state index contributed by atoms with van der Waals surface area (Å²) in [4.78, 5) is 13.7. The summed E-state index contributed by atoms with van der Waals surface area (Å²) in [6.07, 6.45) is 2.22. The van der Waals surface area contributed by atoms with Crippen LogP contribution in [0.25, 0.3) is 0 Å². The fourth-order valence-electron chi connectivity index (χ4n) is 2.70. The van der Waals surface area contributed by atoms with Crippen LogP contribution in [0.4, 0.5) is 10.1 Å². The van der Waals surface area contributed by atoms with Gasteiger partial charge in [-0.1, -0.05) is 0 Å². The fourth-order valence-corrected chi connectivity index (χ4v) is 2.70. The smallest absolute Gasteiger partial charge is 0.229 e. The number of fused-ring (bicyclic) bond motifs is 3. The minimum absolute atomic E-state index is 0.0614. The molecule has 1 saturated heterocycles. The molecule has 17 heavy (non-hydrogen) atoms. The minimum atomic E-state index is -0.555. The molecule has 0 N–H and O–H groups in total. The van der Waals surface area contributed by atoms with Gasteiger partial charge in [-0.05, 0) is 38.0 Å². The van der Waals surface area contributed by atoms with E-state index in [4.69, 9.17) is 4.74 Å². The molecule has 3 rings (SSSR count). The van der Waals surface area contributed by atoms with E-state index >= 15 is 0 Å². The second kappa shape index (κ2) is 3.53. The Hall–Kier alpha value is -1.42. The highest BCUT2D eigenvalue weighted by atomic mass is 19.1. The standard InChI is InChI=1S/C13H14FNO2/c1-13-6-2-3-12(16)15(13)11-5-4-10(14)7-9(11)8-17-13/h4-5,7H,2-3,6,8H2,1H3. The van der Waals surface area contributed by atoms with Crippen LogP contribution in [0.3, 0.4) is 0 Å². The van der Waals surface area contributed by atoms with Crippen LogP contribution >= 0.6 is 0 Å². The average Bonchev–Trinajstić information content (AvgIpc) is 2.28. The lowest BCUT2D eigenvalue weighted by atomic mass is 9.95.